The average Bonchev–Trinajstić information content (AvgIpc) is 2.48. The van der Waals surface area contributed by atoms with Crippen LogP contribution < -0.4 is 0 Å². The molecule has 0 radical (unpaired) electrons. The first-order valence-corrected chi connectivity index (χ1v) is 3.15. The third-order valence-electron chi connectivity index (χ3n) is 1.77. The monoisotopic (exact) mass is 121 g/mol. The molecule has 2 rings (SSSR count). The second-order valence-electron chi connectivity index (χ2n) is 2.49. The minimum atomic E-state index is 0.678. The van der Waals surface area contributed by atoms with E-state index in [1.807, 2.05) is 0 Å². The molecule has 0 amide bonds. The van der Waals surface area contributed by atoms with Crippen molar-refractivity contribution >= 4 is 12.5 Å². The summed E-state index contributed by atoms with van der Waals surface area (Å²) in [4.78, 5) is 14.0. The smallest absolute Gasteiger partial charge is 0.168 e. The zero-order chi connectivity index (χ0) is 6.27. The standard InChI is InChI=1S/C7H7NO/c9-4-7-6(3-8-7)5-1-2-5/h3-5H,1-2H2. The van der Waals surface area contributed by atoms with Crippen LogP contribution in [-0.4, -0.2) is 12.5 Å². The van der Waals surface area contributed by atoms with Crippen LogP contribution in [0.2, 0.25) is 0 Å². The second-order valence-corrected chi connectivity index (χ2v) is 2.49. The lowest BCUT2D eigenvalue weighted by molar-refractivity contribution is -0.105. The van der Waals surface area contributed by atoms with Crippen LogP contribution in [0, 0.1) is 5.92 Å². The highest BCUT2D eigenvalue weighted by atomic mass is 16.1. The molecule has 1 aliphatic carbocycles. The minimum absolute atomic E-state index is 0.678. The lowest BCUT2D eigenvalue weighted by atomic mass is 10.1. The van der Waals surface area contributed by atoms with Crippen molar-refractivity contribution in [2.24, 2.45) is 10.9 Å². The van der Waals surface area contributed by atoms with Crippen molar-refractivity contribution in [3.05, 3.63) is 11.3 Å². The van der Waals surface area contributed by atoms with E-state index in [2.05, 4.69) is 4.99 Å². The summed E-state index contributed by atoms with van der Waals surface area (Å²) in [7, 11) is 0. The quantitative estimate of drug-likeness (QED) is 0.500. The van der Waals surface area contributed by atoms with Crippen LogP contribution in [0.3, 0.4) is 0 Å². The first kappa shape index (κ1) is 4.91. The van der Waals surface area contributed by atoms with Crippen LogP contribution >= 0.6 is 0 Å². The van der Waals surface area contributed by atoms with Gasteiger partial charge in [-0.05, 0) is 18.8 Å². The molecular formula is C7H7NO. The molecule has 1 fully saturated rings. The van der Waals surface area contributed by atoms with Crippen LogP contribution in [0.25, 0.3) is 0 Å². The van der Waals surface area contributed by atoms with Gasteiger partial charge in [-0.15, -0.1) is 0 Å². The lowest BCUT2D eigenvalue weighted by Crippen LogP contribution is -2.04. The molecule has 0 bridgehead atoms. The maximum Gasteiger partial charge on any atom is 0.168 e. The van der Waals surface area contributed by atoms with Crippen molar-refractivity contribution in [3.63, 3.8) is 0 Å². The number of hydrogen-bond donors (Lipinski definition) is 0. The predicted molar refractivity (Wildman–Crippen MR) is 34.3 cm³/mol. The highest BCUT2D eigenvalue weighted by Crippen LogP contribution is 2.39. The Balaban J connectivity index is 2.18. The van der Waals surface area contributed by atoms with Gasteiger partial charge < -0.3 is 0 Å². The van der Waals surface area contributed by atoms with E-state index in [4.69, 9.17) is 0 Å². The van der Waals surface area contributed by atoms with Crippen LogP contribution in [0.1, 0.15) is 12.8 Å². The first-order chi connectivity index (χ1) is 4.42. The number of allylic oxidation sites excluding steroid dienone is 2. The van der Waals surface area contributed by atoms with Gasteiger partial charge in [0.05, 0.1) is 0 Å². The Morgan fingerprint density at radius 3 is 2.78 bits per heavy atom. The second kappa shape index (κ2) is 1.53. The van der Waals surface area contributed by atoms with Crippen molar-refractivity contribution in [1.82, 2.24) is 0 Å². The number of aldehydes is 1. The van der Waals surface area contributed by atoms with Gasteiger partial charge in [0.2, 0.25) is 0 Å². The molecule has 0 spiro atoms. The Morgan fingerprint density at radius 2 is 2.44 bits per heavy atom. The number of carbonyl (C=O) groups is 1. The number of rotatable bonds is 2. The largest absolute Gasteiger partial charge is 0.296 e. The van der Waals surface area contributed by atoms with Gasteiger partial charge in [0.15, 0.2) is 6.29 Å². The Bertz CT molecular complexity index is 207. The van der Waals surface area contributed by atoms with E-state index in [0.717, 1.165) is 6.29 Å². The molecule has 2 heteroatoms. The maximum atomic E-state index is 10.2. The number of nitrogens with zero attached hydrogens (tertiary/aromatic N) is 1. The topological polar surface area (TPSA) is 29.4 Å². The van der Waals surface area contributed by atoms with Crippen molar-refractivity contribution < 1.29 is 4.79 Å². The first-order valence-electron chi connectivity index (χ1n) is 3.15. The molecule has 1 saturated carbocycles. The molecule has 0 unspecified atom stereocenters. The molecule has 0 saturated heterocycles. The lowest BCUT2D eigenvalue weighted by Gasteiger charge is -2.07. The van der Waals surface area contributed by atoms with E-state index < -0.39 is 0 Å². The summed E-state index contributed by atoms with van der Waals surface area (Å²) in [5.41, 5.74) is 1.86. The Hall–Kier alpha value is -0.920. The zero-order valence-corrected chi connectivity index (χ0v) is 5.00. The molecule has 2 aliphatic rings. The Kier molecular flexibility index (Phi) is 0.835. The Labute approximate surface area is 53.3 Å². The molecule has 0 aromatic carbocycles. The average molecular weight is 121 g/mol. The summed E-state index contributed by atoms with van der Waals surface area (Å²) in [6, 6.07) is 0. The van der Waals surface area contributed by atoms with Crippen molar-refractivity contribution in [2.75, 3.05) is 0 Å². The van der Waals surface area contributed by atoms with E-state index in [-0.39, 0.29) is 0 Å². The minimum Gasteiger partial charge on any atom is -0.296 e. The summed E-state index contributed by atoms with van der Waals surface area (Å²) < 4.78 is 0. The van der Waals surface area contributed by atoms with Gasteiger partial charge in [-0.3, -0.25) is 9.79 Å². The van der Waals surface area contributed by atoms with E-state index in [1.165, 1.54) is 18.4 Å². The molecule has 46 valence electrons. The van der Waals surface area contributed by atoms with Gasteiger partial charge in [0, 0.05) is 11.8 Å². The zero-order valence-electron chi connectivity index (χ0n) is 5.00. The van der Waals surface area contributed by atoms with Crippen LogP contribution in [0.5, 0.6) is 0 Å². The van der Waals surface area contributed by atoms with E-state index >= 15 is 0 Å². The normalized spacial score (nSPS) is 24.0. The maximum absolute atomic E-state index is 10.2. The molecule has 9 heavy (non-hydrogen) atoms. The summed E-state index contributed by atoms with van der Waals surface area (Å²) >= 11 is 0. The molecule has 1 aliphatic heterocycles. The molecule has 0 atom stereocenters. The highest BCUT2D eigenvalue weighted by molar-refractivity contribution is 5.98. The summed E-state index contributed by atoms with van der Waals surface area (Å²) in [5, 5.41) is 0. The van der Waals surface area contributed by atoms with Gasteiger partial charge in [-0.25, -0.2) is 0 Å². The third kappa shape index (κ3) is 0.626. The highest BCUT2D eigenvalue weighted by Gasteiger charge is 2.30. The fourth-order valence-electron chi connectivity index (χ4n) is 1.02. The van der Waals surface area contributed by atoms with Gasteiger partial charge in [-0.1, -0.05) is 0 Å². The molecule has 0 aromatic rings. The van der Waals surface area contributed by atoms with E-state index in [0.29, 0.717) is 11.6 Å². The van der Waals surface area contributed by atoms with Gasteiger partial charge in [-0.2, -0.15) is 0 Å². The summed E-state index contributed by atoms with van der Waals surface area (Å²) in [6.07, 6.45) is 5.15. The SMILES string of the molecule is O=CC1=C(C2CC2)C=N1. The van der Waals surface area contributed by atoms with Gasteiger partial charge in [0.1, 0.15) is 5.70 Å². The van der Waals surface area contributed by atoms with Gasteiger partial charge >= 0.3 is 0 Å². The number of aliphatic imine (C=N–C) groups is 1. The van der Waals surface area contributed by atoms with Crippen molar-refractivity contribution in [3.8, 4) is 0 Å². The van der Waals surface area contributed by atoms with Crippen LogP contribution in [-0.2, 0) is 4.79 Å². The Morgan fingerprint density at radius 1 is 1.67 bits per heavy atom. The molecule has 2 nitrogen and oxygen atoms in total. The van der Waals surface area contributed by atoms with E-state index in [9.17, 15) is 4.79 Å². The van der Waals surface area contributed by atoms with E-state index in [1.54, 1.807) is 6.21 Å². The number of hydrogen-bond acceptors (Lipinski definition) is 2. The number of carbonyl (C=O) groups excluding carboxylic acids is 1. The van der Waals surface area contributed by atoms with Crippen molar-refractivity contribution in [1.29, 1.82) is 0 Å². The van der Waals surface area contributed by atoms with Crippen LogP contribution in [0.15, 0.2) is 16.3 Å². The molecule has 1 heterocycles. The fraction of sp³-hybridized carbons (Fsp3) is 0.429. The fourth-order valence-corrected chi connectivity index (χ4v) is 1.02. The molecular weight excluding hydrogens is 114 g/mol. The van der Waals surface area contributed by atoms with Crippen molar-refractivity contribution in [2.45, 2.75) is 12.8 Å². The predicted octanol–water partition coefficient (Wildman–Crippen LogP) is 0.934. The molecule has 0 N–H and O–H groups in total. The third-order valence-corrected chi connectivity index (χ3v) is 1.77. The summed E-state index contributed by atoms with van der Waals surface area (Å²) in [5.74, 6) is 0.683. The summed E-state index contributed by atoms with van der Waals surface area (Å²) in [6.45, 7) is 0. The van der Waals surface area contributed by atoms with Gasteiger partial charge in [0.25, 0.3) is 0 Å². The molecule has 0 aromatic heterocycles. The van der Waals surface area contributed by atoms with Crippen LogP contribution in [0.4, 0.5) is 0 Å².